The molecule has 1 amide bonds. The number of hydrogen-bond acceptors (Lipinski definition) is 3. The Labute approximate surface area is 140 Å². The summed E-state index contributed by atoms with van der Waals surface area (Å²) < 4.78 is 14.1. The lowest BCUT2D eigenvalue weighted by Crippen LogP contribution is -2.49. The third-order valence-corrected chi connectivity index (χ3v) is 6.87. The first-order valence-electron chi connectivity index (χ1n) is 8.65. The van der Waals surface area contributed by atoms with E-state index in [1.54, 1.807) is 6.20 Å². The summed E-state index contributed by atoms with van der Waals surface area (Å²) in [6, 6.07) is 0.311. The molecule has 1 aliphatic heterocycles. The molecule has 6 heteroatoms. The molecule has 1 aromatic heterocycles. The van der Waals surface area contributed by atoms with Gasteiger partial charge in [0.05, 0.1) is 27.9 Å². The molecule has 1 saturated carbocycles. The maximum Gasteiger partial charge on any atom is 0.228 e. The Morgan fingerprint density at radius 2 is 2.00 bits per heavy atom. The lowest BCUT2D eigenvalue weighted by atomic mass is 9.69. The van der Waals surface area contributed by atoms with E-state index in [4.69, 9.17) is 0 Å². The summed E-state index contributed by atoms with van der Waals surface area (Å²) in [6.07, 6.45) is 8.76. The van der Waals surface area contributed by atoms with Gasteiger partial charge in [-0.05, 0) is 25.7 Å². The number of likely N-dealkylation sites (tertiary alicyclic amines) is 1. The average Bonchev–Trinajstić information content (AvgIpc) is 3.01. The van der Waals surface area contributed by atoms with E-state index in [1.165, 1.54) is 6.42 Å². The van der Waals surface area contributed by atoms with Gasteiger partial charge in [0, 0.05) is 30.0 Å². The molecule has 2 fully saturated rings. The first kappa shape index (κ1) is 16.7. The second kappa shape index (κ2) is 6.38. The number of hydrogen-bond donors (Lipinski definition) is 0. The molecule has 1 aromatic rings. The third kappa shape index (κ3) is 3.23. The molecule has 128 valence electrons. The molecule has 23 heavy (non-hydrogen) atoms. The topological polar surface area (TPSA) is 55.2 Å². The summed E-state index contributed by atoms with van der Waals surface area (Å²) in [5, 5.41) is 4.52. The van der Waals surface area contributed by atoms with Crippen molar-refractivity contribution in [1.29, 1.82) is 0 Å². The molecule has 0 spiro atoms. The van der Waals surface area contributed by atoms with Crippen LogP contribution in [0.25, 0.3) is 0 Å². The molecule has 2 aliphatic rings. The number of carbonyl (C=O) groups excluding carboxylic acids is 1. The summed E-state index contributed by atoms with van der Waals surface area (Å²) in [5.41, 5.74) is -0.0974. The van der Waals surface area contributed by atoms with Crippen molar-refractivity contribution in [1.82, 2.24) is 14.7 Å². The van der Waals surface area contributed by atoms with E-state index < -0.39 is 10.8 Å². The Balaban J connectivity index is 1.59. The van der Waals surface area contributed by atoms with Crippen molar-refractivity contribution in [2.24, 2.45) is 5.41 Å². The molecule has 1 aliphatic carbocycles. The number of aromatic nitrogens is 2. The maximum absolute atomic E-state index is 12.6. The Kier molecular flexibility index (Phi) is 4.63. The van der Waals surface area contributed by atoms with Gasteiger partial charge in [-0.2, -0.15) is 5.10 Å². The Bertz CT molecular complexity index is 599. The van der Waals surface area contributed by atoms with Gasteiger partial charge in [0.2, 0.25) is 5.91 Å². The van der Waals surface area contributed by atoms with Gasteiger partial charge in [-0.1, -0.05) is 27.2 Å². The largest absolute Gasteiger partial charge is 0.342 e. The van der Waals surface area contributed by atoms with Crippen molar-refractivity contribution in [2.45, 2.75) is 69.1 Å². The molecule has 1 saturated heterocycles. The van der Waals surface area contributed by atoms with Crippen LogP contribution in [0.3, 0.4) is 0 Å². The fourth-order valence-corrected chi connectivity index (χ4v) is 4.44. The zero-order valence-electron chi connectivity index (χ0n) is 14.3. The first-order valence-corrected chi connectivity index (χ1v) is 9.86. The second-order valence-electron chi connectivity index (χ2n) is 7.44. The lowest BCUT2D eigenvalue weighted by molar-refractivity contribution is -0.147. The van der Waals surface area contributed by atoms with E-state index in [0.29, 0.717) is 11.9 Å². The van der Waals surface area contributed by atoms with Crippen molar-refractivity contribution in [3.05, 3.63) is 12.4 Å². The van der Waals surface area contributed by atoms with Gasteiger partial charge in [0.1, 0.15) is 0 Å². The van der Waals surface area contributed by atoms with Crippen LogP contribution in [0.2, 0.25) is 0 Å². The van der Waals surface area contributed by atoms with Crippen molar-refractivity contribution in [3.8, 4) is 0 Å². The van der Waals surface area contributed by atoms with Gasteiger partial charge in [-0.15, -0.1) is 0 Å². The van der Waals surface area contributed by atoms with E-state index >= 15 is 0 Å². The predicted molar refractivity (Wildman–Crippen MR) is 90.6 cm³/mol. The minimum atomic E-state index is -0.986. The molecular formula is C17H27N3O2S. The van der Waals surface area contributed by atoms with Crippen molar-refractivity contribution < 1.29 is 9.00 Å². The van der Waals surface area contributed by atoms with E-state index in [9.17, 15) is 9.00 Å². The summed E-state index contributed by atoms with van der Waals surface area (Å²) in [6.45, 7) is 7.63. The number of rotatable bonds is 4. The molecule has 3 rings (SSSR count). The summed E-state index contributed by atoms with van der Waals surface area (Å²) >= 11 is 0. The van der Waals surface area contributed by atoms with Crippen LogP contribution in [-0.2, 0) is 15.6 Å². The highest BCUT2D eigenvalue weighted by atomic mass is 32.2. The lowest BCUT2D eigenvalue weighted by Gasteiger charge is -2.43. The molecule has 5 nitrogen and oxygen atoms in total. The Morgan fingerprint density at radius 1 is 1.35 bits per heavy atom. The van der Waals surface area contributed by atoms with E-state index in [0.717, 1.165) is 43.7 Å². The van der Waals surface area contributed by atoms with Gasteiger partial charge in [-0.25, -0.2) is 0 Å². The highest BCUT2D eigenvalue weighted by Gasteiger charge is 2.42. The van der Waals surface area contributed by atoms with Crippen LogP contribution < -0.4 is 0 Å². The SMILES string of the molecule is CC(C)S(=O)c1cnn(C2CCN(C(=O)C3(C)CCC3)CC2)c1. The average molecular weight is 337 g/mol. The molecular weight excluding hydrogens is 310 g/mol. The fourth-order valence-electron chi connectivity index (χ4n) is 3.53. The number of piperidine rings is 1. The van der Waals surface area contributed by atoms with Crippen LogP contribution in [0.5, 0.6) is 0 Å². The molecule has 0 aromatic carbocycles. The number of carbonyl (C=O) groups is 1. The highest BCUT2D eigenvalue weighted by Crippen LogP contribution is 2.42. The van der Waals surface area contributed by atoms with Gasteiger partial charge in [0.25, 0.3) is 0 Å². The molecule has 0 radical (unpaired) electrons. The smallest absolute Gasteiger partial charge is 0.228 e. The van der Waals surface area contributed by atoms with Gasteiger partial charge in [-0.3, -0.25) is 13.7 Å². The van der Waals surface area contributed by atoms with E-state index in [1.807, 2.05) is 29.6 Å². The van der Waals surface area contributed by atoms with Gasteiger partial charge >= 0.3 is 0 Å². The van der Waals surface area contributed by atoms with Crippen molar-refractivity contribution in [2.75, 3.05) is 13.1 Å². The monoisotopic (exact) mass is 337 g/mol. The zero-order chi connectivity index (χ0) is 16.6. The fraction of sp³-hybridized carbons (Fsp3) is 0.765. The standard InChI is InChI=1S/C17H27N3O2S/c1-13(2)23(22)15-11-18-20(12-15)14-5-9-19(10-6-14)16(21)17(3)7-4-8-17/h11-14H,4-10H2,1-3H3. The van der Waals surface area contributed by atoms with Crippen LogP contribution in [0.1, 0.15) is 58.9 Å². The maximum atomic E-state index is 12.6. The van der Waals surface area contributed by atoms with Gasteiger partial charge < -0.3 is 4.90 Å². The van der Waals surface area contributed by atoms with Crippen molar-refractivity contribution in [3.63, 3.8) is 0 Å². The van der Waals surface area contributed by atoms with Crippen LogP contribution in [0.15, 0.2) is 17.3 Å². The molecule has 1 unspecified atom stereocenters. The second-order valence-corrected chi connectivity index (χ2v) is 9.45. The summed E-state index contributed by atoms with van der Waals surface area (Å²) in [7, 11) is -0.986. The quantitative estimate of drug-likeness (QED) is 0.849. The highest BCUT2D eigenvalue weighted by molar-refractivity contribution is 7.85. The third-order valence-electron chi connectivity index (χ3n) is 5.34. The van der Waals surface area contributed by atoms with Gasteiger partial charge in [0.15, 0.2) is 0 Å². The predicted octanol–water partition coefficient (Wildman–Crippen LogP) is 2.75. The normalized spacial score (nSPS) is 22.9. The zero-order valence-corrected chi connectivity index (χ0v) is 15.1. The van der Waals surface area contributed by atoms with Crippen LogP contribution in [-0.4, -0.2) is 43.1 Å². The van der Waals surface area contributed by atoms with Crippen molar-refractivity contribution >= 4 is 16.7 Å². The molecule has 2 heterocycles. The summed E-state index contributed by atoms with van der Waals surface area (Å²) in [5.74, 6) is 0.337. The van der Waals surface area contributed by atoms with Crippen LogP contribution in [0, 0.1) is 5.41 Å². The number of nitrogens with zero attached hydrogens (tertiary/aromatic N) is 3. The van der Waals surface area contributed by atoms with E-state index in [-0.39, 0.29) is 10.7 Å². The first-order chi connectivity index (χ1) is 10.9. The Morgan fingerprint density at radius 3 is 2.52 bits per heavy atom. The minimum absolute atomic E-state index is 0.0974. The van der Waals surface area contributed by atoms with E-state index in [2.05, 4.69) is 12.0 Å². The molecule has 1 atom stereocenters. The minimum Gasteiger partial charge on any atom is -0.342 e. The molecule has 0 N–H and O–H groups in total. The van der Waals surface area contributed by atoms with Crippen LogP contribution >= 0.6 is 0 Å². The Hall–Kier alpha value is -1.17. The van der Waals surface area contributed by atoms with Crippen LogP contribution in [0.4, 0.5) is 0 Å². The number of amides is 1. The summed E-state index contributed by atoms with van der Waals surface area (Å²) in [4.78, 5) is 15.4. The molecule has 0 bridgehead atoms.